The summed E-state index contributed by atoms with van der Waals surface area (Å²) in [5.74, 6) is -1.26. The van der Waals surface area contributed by atoms with E-state index in [-0.39, 0.29) is 27.1 Å². The van der Waals surface area contributed by atoms with Gasteiger partial charge in [-0.2, -0.15) is 0 Å². The largest absolute Gasteiger partial charge is 0.508 e. The summed E-state index contributed by atoms with van der Waals surface area (Å²) in [6.45, 7) is 0. The second-order valence-electron chi connectivity index (χ2n) is 5.53. The summed E-state index contributed by atoms with van der Waals surface area (Å²) in [4.78, 5) is 11.3. The molecule has 0 fully saturated rings. The second-order valence-corrected chi connectivity index (χ2v) is 6.34. The van der Waals surface area contributed by atoms with Crippen molar-refractivity contribution in [3.63, 3.8) is 0 Å². The van der Waals surface area contributed by atoms with Crippen LogP contribution in [-0.4, -0.2) is 21.3 Å². The van der Waals surface area contributed by atoms with Gasteiger partial charge in [-0.3, -0.25) is 0 Å². The first-order valence-electron chi connectivity index (χ1n) is 7.47. The van der Waals surface area contributed by atoms with Crippen molar-refractivity contribution in [3.05, 3.63) is 70.2 Å². The molecule has 0 aliphatic carbocycles. The summed E-state index contributed by atoms with van der Waals surface area (Å²) in [7, 11) is 0. The number of carbonyl (C=O) groups is 1. The molecule has 0 atom stereocenters. The Kier molecular flexibility index (Phi) is 4.93. The van der Waals surface area contributed by atoms with Crippen molar-refractivity contribution >= 4 is 40.5 Å². The highest BCUT2D eigenvalue weighted by atomic mass is 35.5. The third-order valence-electron chi connectivity index (χ3n) is 3.70. The number of aromatic hydroxyl groups is 2. The van der Waals surface area contributed by atoms with Crippen LogP contribution in [0.3, 0.4) is 0 Å². The Morgan fingerprint density at radius 2 is 1.38 bits per heavy atom. The van der Waals surface area contributed by atoms with Gasteiger partial charge >= 0.3 is 5.97 Å². The van der Waals surface area contributed by atoms with Gasteiger partial charge in [-0.15, -0.1) is 0 Å². The number of carboxylic acid groups (broad SMARTS) is 1. The van der Waals surface area contributed by atoms with Crippen LogP contribution in [0.4, 0.5) is 11.4 Å². The number of phenols is 2. The summed E-state index contributed by atoms with van der Waals surface area (Å²) in [6, 6.07) is 13.7. The number of halogens is 2. The monoisotopic (exact) mass is 389 g/mol. The number of hydrogen-bond donors (Lipinski definition) is 4. The maximum atomic E-state index is 11.3. The van der Waals surface area contributed by atoms with Gasteiger partial charge in [-0.1, -0.05) is 35.3 Å². The molecular formula is C19H13Cl2NO4. The number of hydrogen-bond acceptors (Lipinski definition) is 4. The predicted octanol–water partition coefficient (Wildman–Crippen LogP) is 5.51. The maximum absolute atomic E-state index is 11.3. The molecule has 0 aliphatic heterocycles. The zero-order chi connectivity index (χ0) is 18.8. The normalized spacial score (nSPS) is 10.5. The number of para-hydroxylation sites is 1. The van der Waals surface area contributed by atoms with Gasteiger partial charge in [0.25, 0.3) is 0 Å². The number of rotatable bonds is 4. The van der Waals surface area contributed by atoms with Crippen molar-refractivity contribution in [2.24, 2.45) is 0 Å². The van der Waals surface area contributed by atoms with Crippen LogP contribution in [0.1, 0.15) is 10.4 Å². The number of carboxylic acids is 1. The number of phenolic OH excluding ortho intramolecular Hbond substituents is 2. The molecule has 5 nitrogen and oxygen atoms in total. The lowest BCUT2D eigenvalue weighted by Gasteiger charge is -2.14. The molecule has 3 aromatic rings. The third kappa shape index (κ3) is 3.69. The molecule has 0 amide bonds. The number of benzene rings is 3. The van der Waals surface area contributed by atoms with Crippen molar-refractivity contribution < 1.29 is 20.1 Å². The number of aromatic carboxylic acids is 1. The topological polar surface area (TPSA) is 89.8 Å². The minimum atomic E-state index is -1.08. The van der Waals surface area contributed by atoms with Gasteiger partial charge in [0.1, 0.15) is 11.5 Å². The summed E-state index contributed by atoms with van der Waals surface area (Å²) >= 11 is 12.7. The zero-order valence-corrected chi connectivity index (χ0v) is 14.7. The van der Waals surface area contributed by atoms with Crippen LogP contribution in [-0.2, 0) is 0 Å². The van der Waals surface area contributed by atoms with Gasteiger partial charge in [0, 0.05) is 6.07 Å². The molecule has 4 N–H and O–H groups in total. The highest BCUT2D eigenvalue weighted by Crippen LogP contribution is 2.39. The van der Waals surface area contributed by atoms with Gasteiger partial charge in [0.2, 0.25) is 0 Å². The van der Waals surface area contributed by atoms with E-state index in [0.29, 0.717) is 22.5 Å². The Morgan fingerprint density at radius 3 is 1.96 bits per heavy atom. The molecular weight excluding hydrogens is 377 g/mol. The summed E-state index contributed by atoms with van der Waals surface area (Å²) in [6.07, 6.45) is 0. The molecule has 0 bridgehead atoms. The Bertz CT molecular complexity index is 961. The van der Waals surface area contributed by atoms with Gasteiger partial charge in [0.05, 0.1) is 27.0 Å². The molecule has 0 aromatic heterocycles. The van der Waals surface area contributed by atoms with Gasteiger partial charge in [0.15, 0.2) is 0 Å². The average molecular weight is 390 g/mol. The van der Waals surface area contributed by atoms with Crippen LogP contribution in [0.15, 0.2) is 54.6 Å². The Morgan fingerprint density at radius 1 is 0.846 bits per heavy atom. The number of anilines is 2. The minimum absolute atomic E-state index is 0.0848. The van der Waals surface area contributed by atoms with Gasteiger partial charge < -0.3 is 20.6 Å². The fourth-order valence-corrected chi connectivity index (χ4v) is 3.12. The van der Waals surface area contributed by atoms with Crippen LogP contribution in [0, 0.1) is 0 Å². The molecule has 0 radical (unpaired) electrons. The molecule has 7 heteroatoms. The van der Waals surface area contributed by atoms with E-state index in [1.54, 1.807) is 30.3 Å². The number of nitrogens with one attached hydrogen (secondary N) is 1. The predicted molar refractivity (Wildman–Crippen MR) is 102 cm³/mol. The molecule has 0 unspecified atom stereocenters. The molecule has 0 aliphatic rings. The average Bonchev–Trinajstić information content (AvgIpc) is 2.57. The quantitative estimate of drug-likeness (QED) is 0.472. The Labute approximate surface area is 159 Å². The van der Waals surface area contributed by atoms with Crippen LogP contribution in [0.5, 0.6) is 11.5 Å². The lowest BCUT2D eigenvalue weighted by Crippen LogP contribution is -2.03. The van der Waals surface area contributed by atoms with Gasteiger partial charge in [-0.05, 0) is 47.5 Å². The smallest absolute Gasteiger partial charge is 0.337 e. The van der Waals surface area contributed by atoms with E-state index in [9.17, 15) is 20.1 Å². The van der Waals surface area contributed by atoms with Crippen molar-refractivity contribution in [2.45, 2.75) is 0 Å². The van der Waals surface area contributed by atoms with E-state index in [1.807, 2.05) is 0 Å². The second kappa shape index (κ2) is 7.15. The van der Waals surface area contributed by atoms with E-state index in [2.05, 4.69) is 5.32 Å². The first-order chi connectivity index (χ1) is 12.3. The Hall–Kier alpha value is -2.89. The zero-order valence-electron chi connectivity index (χ0n) is 13.2. The van der Waals surface area contributed by atoms with E-state index in [1.165, 1.54) is 24.3 Å². The van der Waals surface area contributed by atoms with E-state index >= 15 is 0 Å². The highest BCUT2D eigenvalue weighted by molar-refractivity contribution is 6.39. The standard InChI is InChI=1S/C19H13Cl2NO4/c20-15-7-11(10-5-12(23)9-13(24)6-10)8-16(21)18(15)22-17-4-2-1-3-14(17)19(25)26/h1-9,22-24H,(H,25,26). The van der Waals surface area contributed by atoms with Gasteiger partial charge in [-0.25, -0.2) is 4.79 Å². The van der Waals surface area contributed by atoms with Crippen LogP contribution < -0.4 is 5.32 Å². The molecule has 3 rings (SSSR count). The van der Waals surface area contributed by atoms with Crippen molar-refractivity contribution in [3.8, 4) is 22.6 Å². The Balaban J connectivity index is 2.02. The molecule has 0 saturated heterocycles. The summed E-state index contributed by atoms with van der Waals surface area (Å²) in [5, 5.41) is 32.0. The fourth-order valence-electron chi connectivity index (χ4n) is 2.53. The van der Waals surface area contributed by atoms with Crippen LogP contribution >= 0.6 is 23.2 Å². The molecule has 3 aromatic carbocycles. The molecule has 26 heavy (non-hydrogen) atoms. The highest BCUT2D eigenvalue weighted by Gasteiger charge is 2.14. The molecule has 0 saturated carbocycles. The van der Waals surface area contributed by atoms with E-state index in [4.69, 9.17) is 23.2 Å². The first-order valence-corrected chi connectivity index (χ1v) is 8.22. The lowest BCUT2D eigenvalue weighted by atomic mass is 10.0. The van der Waals surface area contributed by atoms with Crippen LogP contribution in [0.2, 0.25) is 10.0 Å². The molecule has 0 spiro atoms. The van der Waals surface area contributed by atoms with Crippen molar-refractivity contribution in [2.75, 3.05) is 5.32 Å². The summed E-state index contributed by atoms with van der Waals surface area (Å²) in [5.41, 5.74) is 1.91. The first kappa shape index (κ1) is 17.9. The minimum Gasteiger partial charge on any atom is -0.508 e. The fraction of sp³-hybridized carbons (Fsp3) is 0. The lowest BCUT2D eigenvalue weighted by molar-refractivity contribution is 0.0698. The van der Waals surface area contributed by atoms with E-state index in [0.717, 1.165) is 0 Å². The summed E-state index contributed by atoms with van der Waals surface area (Å²) < 4.78 is 0. The molecule has 0 heterocycles. The van der Waals surface area contributed by atoms with Crippen molar-refractivity contribution in [1.82, 2.24) is 0 Å². The molecule has 132 valence electrons. The van der Waals surface area contributed by atoms with Crippen LogP contribution in [0.25, 0.3) is 11.1 Å². The van der Waals surface area contributed by atoms with Crippen molar-refractivity contribution in [1.29, 1.82) is 0 Å². The van der Waals surface area contributed by atoms with E-state index < -0.39 is 5.97 Å². The maximum Gasteiger partial charge on any atom is 0.337 e. The third-order valence-corrected chi connectivity index (χ3v) is 4.29. The SMILES string of the molecule is O=C(O)c1ccccc1Nc1c(Cl)cc(-c2cc(O)cc(O)c2)cc1Cl.